The molecule has 6 heteroatoms. The minimum absolute atomic E-state index is 0.138. The second kappa shape index (κ2) is 7.51. The molecule has 2 aliphatic rings. The first-order valence-electron chi connectivity index (χ1n) is 9.47. The molecule has 0 spiro atoms. The normalized spacial score (nSPS) is 25.0. The highest BCUT2D eigenvalue weighted by atomic mass is 32.2. The largest absolute Gasteiger partial charge is 0.395 e. The molecule has 2 aromatic rings. The number of rotatable bonds is 5. The lowest BCUT2D eigenvalue weighted by molar-refractivity contribution is 0.0555. The topological polar surface area (TPSA) is 81.4 Å². The molecule has 0 radical (unpaired) electrons. The molecule has 0 aromatic heterocycles. The van der Waals surface area contributed by atoms with E-state index in [1.54, 1.807) is 18.2 Å². The first-order chi connectivity index (χ1) is 13.6. The number of aliphatic hydroxyl groups is 1. The van der Waals surface area contributed by atoms with Crippen molar-refractivity contribution < 1.29 is 13.5 Å². The number of sulfonamides is 1. The fourth-order valence-corrected chi connectivity index (χ4v) is 6.15. The number of hydrogen-bond acceptors (Lipinski definition) is 4. The van der Waals surface area contributed by atoms with Crippen LogP contribution in [0.15, 0.2) is 65.6 Å². The van der Waals surface area contributed by atoms with E-state index >= 15 is 0 Å². The van der Waals surface area contributed by atoms with Gasteiger partial charge in [-0.15, -0.1) is 0 Å². The molecular weight excluding hydrogens is 372 g/mol. The molecule has 0 amide bonds. The third kappa shape index (κ3) is 2.96. The van der Waals surface area contributed by atoms with Crippen molar-refractivity contribution in [3.63, 3.8) is 0 Å². The summed E-state index contributed by atoms with van der Waals surface area (Å²) in [5.74, 6) is -0.355. The van der Waals surface area contributed by atoms with Crippen LogP contribution in [0.5, 0.6) is 0 Å². The van der Waals surface area contributed by atoms with Gasteiger partial charge in [-0.3, -0.25) is 0 Å². The van der Waals surface area contributed by atoms with Gasteiger partial charge in [-0.2, -0.15) is 9.57 Å². The molecular formula is C22H22N2O3S. The minimum Gasteiger partial charge on any atom is -0.395 e. The van der Waals surface area contributed by atoms with Crippen molar-refractivity contribution in [2.24, 2.45) is 0 Å². The predicted octanol–water partition coefficient (Wildman–Crippen LogP) is 3.30. The molecule has 2 aromatic carbocycles. The number of allylic oxidation sites excluding steroid dienone is 2. The number of aliphatic hydroxyl groups excluding tert-OH is 1. The van der Waals surface area contributed by atoms with Crippen molar-refractivity contribution in [2.45, 2.75) is 42.2 Å². The van der Waals surface area contributed by atoms with Gasteiger partial charge in [-0.05, 0) is 48.1 Å². The van der Waals surface area contributed by atoms with Crippen molar-refractivity contribution in [1.29, 1.82) is 5.26 Å². The molecule has 0 saturated carbocycles. The lowest BCUT2D eigenvalue weighted by atomic mass is 9.75. The standard InChI is InChI=1S/C22H22N2O3S/c23-14-20-22(19-13-7-6-12-18(19)16-8-4-5-9-16)21(15-25)24(20)28(26,27)17-10-2-1-3-11-17/h1-3,6-8,10-13,20-22,25H,4-5,9,15H2/t20-,21+,22+/m0/s1. The van der Waals surface area contributed by atoms with Crippen molar-refractivity contribution in [2.75, 3.05) is 6.61 Å². The van der Waals surface area contributed by atoms with Gasteiger partial charge in [0.1, 0.15) is 6.04 Å². The highest BCUT2D eigenvalue weighted by Crippen LogP contribution is 2.46. The van der Waals surface area contributed by atoms with E-state index < -0.39 is 22.1 Å². The monoisotopic (exact) mass is 394 g/mol. The molecule has 4 rings (SSSR count). The van der Waals surface area contributed by atoms with Gasteiger partial charge in [0.15, 0.2) is 0 Å². The molecule has 1 saturated heterocycles. The first-order valence-corrected chi connectivity index (χ1v) is 10.9. The number of nitriles is 1. The predicted molar refractivity (Wildman–Crippen MR) is 107 cm³/mol. The fourth-order valence-electron chi connectivity index (χ4n) is 4.38. The van der Waals surface area contributed by atoms with Gasteiger partial charge in [0.2, 0.25) is 10.0 Å². The van der Waals surface area contributed by atoms with Gasteiger partial charge in [-0.1, -0.05) is 48.5 Å². The Morgan fingerprint density at radius 1 is 1.11 bits per heavy atom. The summed E-state index contributed by atoms with van der Waals surface area (Å²) in [4.78, 5) is 0.138. The molecule has 3 atom stereocenters. The maximum atomic E-state index is 13.1. The van der Waals surface area contributed by atoms with Crippen LogP contribution >= 0.6 is 0 Å². The van der Waals surface area contributed by atoms with Gasteiger partial charge in [0.05, 0.1) is 23.6 Å². The van der Waals surface area contributed by atoms with E-state index in [4.69, 9.17) is 0 Å². The summed E-state index contributed by atoms with van der Waals surface area (Å²) >= 11 is 0. The Hall–Kier alpha value is -2.46. The zero-order chi connectivity index (χ0) is 19.7. The average molecular weight is 394 g/mol. The Balaban J connectivity index is 1.75. The maximum Gasteiger partial charge on any atom is 0.244 e. The summed E-state index contributed by atoms with van der Waals surface area (Å²) in [7, 11) is -3.86. The van der Waals surface area contributed by atoms with Crippen molar-refractivity contribution in [3.8, 4) is 6.07 Å². The van der Waals surface area contributed by atoms with E-state index in [0.29, 0.717) is 0 Å². The van der Waals surface area contributed by atoms with E-state index in [2.05, 4.69) is 12.1 Å². The van der Waals surface area contributed by atoms with E-state index in [9.17, 15) is 18.8 Å². The zero-order valence-electron chi connectivity index (χ0n) is 15.4. The zero-order valence-corrected chi connectivity index (χ0v) is 16.2. The molecule has 0 bridgehead atoms. The summed E-state index contributed by atoms with van der Waals surface area (Å²) in [6.07, 6.45) is 5.34. The van der Waals surface area contributed by atoms with E-state index in [-0.39, 0.29) is 17.4 Å². The fraction of sp³-hybridized carbons (Fsp3) is 0.318. The quantitative estimate of drug-likeness (QED) is 0.844. The SMILES string of the molecule is N#C[C@H]1[C@@H](c2ccccc2C2=CCCC2)[C@@H](CO)N1S(=O)(=O)c1ccccc1. The molecule has 28 heavy (non-hydrogen) atoms. The lowest BCUT2D eigenvalue weighted by Gasteiger charge is -2.50. The molecule has 1 aliphatic heterocycles. The van der Waals surface area contributed by atoms with Crippen LogP contribution < -0.4 is 0 Å². The van der Waals surface area contributed by atoms with Crippen LogP contribution in [0.25, 0.3) is 5.57 Å². The summed E-state index contributed by atoms with van der Waals surface area (Å²) in [6, 6.07) is 16.6. The molecule has 0 unspecified atom stereocenters. The van der Waals surface area contributed by atoms with Gasteiger partial charge < -0.3 is 5.11 Å². The molecule has 1 heterocycles. The highest BCUT2D eigenvalue weighted by molar-refractivity contribution is 7.89. The summed E-state index contributed by atoms with van der Waals surface area (Å²) in [5.41, 5.74) is 3.26. The Kier molecular flexibility index (Phi) is 5.07. The molecule has 1 N–H and O–H groups in total. The van der Waals surface area contributed by atoms with Crippen molar-refractivity contribution in [3.05, 3.63) is 71.8 Å². The maximum absolute atomic E-state index is 13.1. The molecule has 144 valence electrons. The smallest absolute Gasteiger partial charge is 0.244 e. The van der Waals surface area contributed by atoms with Crippen LogP contribution in [-0.2, 0) is 10.0 Å². The van der Waals surface area contributed by atoms with Crippen molar-refractivity contribution in [1.82, 2.24) is 4.31 Å². The van der Waals surface area contributed by atoms with Gasteiger partial charge >= 0.3 is 0 Å². The van der Waals surface area contributed by atoms with Gasteiger partial charge in [0.25, 0.3) is 0 Å². The van der Waals surface area contributed by atoms with Crippen molar-refractivity contribution >= 4 is 15.6 Å². The second-order valence-corrected chi connectivity index (χ2v) is 9.05. The van der Waals surface area contributed by atoms with E-state index in [0.717, 1.165) is 30.4 Å². The number of benzene rings is 2. The molecule has 1 fully saturated rings. The summed E-state index contributed by atoms with van der Waals surface area (Å²) in [5, 5.41) is 19.9. The van der Waals surface area contributed by atoms with E-state index in [1.165, 1.54) is 22.0 Å². The van der Waals surface area contributed by atoms with E-state index in [1.807, 2.05) is 24.3 Å². The number of hydrogen-bond donors (Lipinski definition) is 1. The van der Waals surface area contributed by atoms with Crippen LogP contribution in [0.1, 0.15) is 36.3 Å². The Morgan fingerprint density at radius 2 is 1.82 bits per heavy atom. The summed E-state index contributed by atoms with van der Waals surface area (Å²) in [6.45, 7) is -0.331. The van der Waals surface area contributed by atoms with Gasteiger partial charge in [-0.25, -0.2) is 8.42 Å². The Morgan fingerprint density at radius 3 is 2.46 bits per heavy atom. The first kappa shape index (κ1) is 18.9. The second-order valence-electron chi connectivity index (χ2n) is 7.21. The molecule has 5 nitrogen and oxygen atoms in total. The minimum atomic E-state index is -3.86. The average Bonchev–Trinajstić information content (AvgIpc) is 3.23. The highest BCUT2D eigenvalue weighted by Gasteiger charge is 2.55. The van der Waals surface area contributed by atoms with Crippen LogP contribution in [0, 0.1) is 11.3 Å². The third-order valence-electron chi connectivity index (χ3n) is 5.70. The number of nitrogens with zero attached hydrogens (tertiary/aromatic N) is 2. The third-order valence-corrected chi connectivity index (χ3v) is 7.62. The van der Waals surface area contributed by atoms with Crippen LogP contribution in [0.2, 0.25) is 0 Å². The van der Waals surface area contributed by atoms with Crippen LogP contribution in [-0.4, -0.2) is 36.5 Å². The Labute approximate surface area is 165 Å². The Bertz CT molecular complexity index is 1040. The summed E-state index contributed by atoms with van der Waals surface area (Å²) < 4.78 is 27.4. The van der Waals surface area contributed by atoms with Crippen LogP contribution in [0.3, 0.4) is 0 Å². The lowest BCUT2D eigenvalue weighted by Crippen LogP contribution is -2.65. The molecule has 1 aliphatic carbocycles. The van der Waals surface area contributed by atoms with Gasteiger partial charge in [0, 0.05) is 5.92 Å². The van der Waals surface area contributed by atoms with Crippen LogP contribution in [0.4, 0.5) is 0 Å².